The number of benzene rings is 1. The third-order valence-corrected chi connectivity index (χ3v) is 3.64. The maximum atomic E-state index is 12.9. The number of amides is 1. The normalized spacial score (nSPS) is 18.0. The van der Waals surface area contributed by atoms with Gasteiger partial charge in [-0.25, -0.2) is 9.37 Å². The van der Waals surface area contributed by atoms with E-state index >= 15 is 0 Å². The Hall–Kier alpha value is -2.27. The molecule has 1 atom stereocenters. The summed E-state index contributed by atoms with van der Waals surface area (Å²) in [7, 11) is 0. The molecule has 0 bridgehead atoms. The Bertz CT molecular complexity index is 658. The summed E-state index contributed by atoms with van der Waals surface area (Å²) < 4.78 is 12.9. The molecule has 21 heavy (non-hydrogen) atoms. The first-order valence-corrected chi connectivity index (χ1v) is 6.87. The van der Waals surface area contributed by atoms with Crippen LogP contribution in [-0.4, -0.2) is 22.5 Å². The van der Waals surface area contributed by atoms with Crippen LogP contribution in [0.2, 0.25) is 0 Å². The number of rotatable bonds is 1. The van der Waals surface area contributed by atoms with Crippen molar-refractivity contribution >= 4 is 11.6 Å². The standard InChI is InChI=1S/C16H15FN2O2/c17-11-7-8-13(18-10-11)16(21)19-9-3-6-15(20)12-4-1-2-5-14(12)19/h1-2,4-5,7-8,10,15,20H,3,6,9H2. The number of hydrogen-bond acceptors (Lipinski definition) is 3. The average molecular weight is 286 g/mol. The van der Waals surface area contributed by atoms with Crippen LogP contribution in [-0.2, 0) is 0 Å². The van der Waals surface area contributed by atoms with E-state index in [1.807, 2.05) is 24.3 Å². The second-order valence-corrected chi connectivity index (χ2v) is 5.04. The number of carbonyl (C=O) groups is 1. The lowest BCUT2D eigenvalue weighted by Gasteiger charge is -2.22. The monoisotopic (exact) mass is 286 g/mol. The van der Waals surface area contributed by atoms with Gasteiger partial charge in [-0.05, 0) is 31.0 Å². The van der Waals surface area contributed by atoms with Crippen LogP contribution in [0, 0.1) is 5.82 Å². The molecular formula is C16H15FN2O2. The lowest BCUT2D eigenvalue weighted by molar-refractivity contribution is 0.0982. The highest BCUT2D eigenvalue weighted by molar-refractivity contribution is 6.05. The summed E-state index contributed by atoms with van der Waals surface area (Å²) in [5.74, 6) is -0.755. The molecular weight excluding hydrogens is 271 g/mol. The maximum absolute atomic E-state index is 12.9. The fourth-order valence-corrected chi connectivity index (χ4v) is 2.59. The van der Waals surface area contributed by atoms with E-state index in [4.69, 9.17) is 0 Å². The van der Waals surface area contributed by atoms with Gasteiger partial charge in [0.25, 0.3) is 5.91 Å². The first kappa shape index (κ1) is 13.7. The quantitative estimate of drug-likeness (QED) is 0.877. The number of aromatic nitrogens is 1. The SMILES string of the molecule is O=C(c1ccc(F)cn1)N1CCCC(O)c2ccccc21. The summed E-state index contributed by atoms with van der Waals surface area (Å²) in [6.07, 6.45) is 1.77. The van der Waals surface area contributed by atoms with Gasteiger partial charge in [-0.15, -0.1) is 0 Å². The smallest absolute Gasteiger partial charge is 0.276 e. The molecule has 0 aliphatic carbocycles. The Balaban J connectivity index is 1.99. The number of aliphatic hydroxyl groups is 1. The number of halogens is 1. The number of hydrogen-bond donors (Lipinski definition) is 1. The van der Waals surface area contributed by atoms with Gasteiger partial charge in [0.15, 0.2) is 0 Å². The summed E-state index contributed by atoms with van der Waals surface area (Å²) in [4.78, 5) is 18.0. The predicted molar refractivity (Wildman–Crippen MR) is 76.5 cm³/mol. The number of aliphatic hydroxyl groups excluding tert-OH is 1. The zero-order valence-corrected chi connectivity index (χ0v) is 11.4. The fourth-order valence-electron chi connectivity index (χ4n) is 2.59. The topological polar surface area (TPSA) is 53.4 Å². The van der Waals surface area contributed by atoms with Crippen molar-refractivity contribution in [1.82, 2.24) is 4.98 Å². The third-order valence-electron chi connectivity index (χ3n) is 3.64. The van der Waals surface area contributed by atoms with Crippen molar-refractivity contribution in [2.45, 2.75) is 18.9 Å². The van der Waals surface area contributed by atoms with E-state index in [9.17, 15) is 14.3 Å². The Morgan fingerprint density at radius 3 is 2.86 bits per heavy atom. The molecule has 1 amide bonds. The molecule has 1 N–H and O–H groups in total. The minimum Gasteiger partial charge on any atom is -0.388 e. The van der Waals surface area contributed by atoms with Crippen LogP contribution in [0.4, 0.5) is 10.1 Å². The van der Waals surface area contributed by atoms with Crippen molar-refractivity contribution in [3.63, 3.8) is 0 Å². The summed E-state index contributed by atoms with van der Waals surface area (Å²) in [5.41, 5.74) is 1.63. The number of pyridine rings is 1. The summed E-state index contributed by atoms with van der Waals surface area (Å²) in [5, 5.41) is 10.1. The molecule has 2 aromatic rings. The van der Waals surface area contributed by atoms with Crippen molar-refractivity contribution in [3.8, 4) is 0 Å². The van der Waals surface area contributed by atoms with Crippen LogP contribution in [0.1, 0.15) is 35.0 Å². The highest BCUT2D eigenvalue weighted by atomic mass is 19.1. The lowest BCUT2D eigenvalue weighted by atomic mass is 10.0. The average Bonchev–Trinajstić information content (AvgIpc) is 2.67. The summed E-state index contributed by atoms with van der Waals surface area (Å²) >= 11 is 0. The van der Waals surface area contributed by atoms with E-state index in [0.29, 0.717) is 25.1 Å². The largest absolute Gasteiger partial charge is 0.388 e. The van der Waals surface area contributed by atoms with Gasteiger partial charge in [0.05, 0.1) is 12.3 Å². The van der Waals surface area contributed by atoms with Crippen LogP contribution in [0.15, 0.2) is 42.6 Å². The molecule has 3 rings (SSSR count). The summed E-state index contributed by atoms with van der Waals surface area (Å²) in [6.45, 7) is 0.506. The zero-order valence-electron chi connectivity index (χ0n) is 11.4. The predicted octanol–water partition coefficient (Wildman–Crippen LogP) is 2.69. The van der Waals surface area contributed by atoms with E-state index < -0.39 is 11.9 Å². The number of para-hydroxylation sites is 1. The Morgan fingerprint density at radius 2 is 2.10 bits per heavy atom. The first-order chi connectivity index (χ1) is 10.2. The van der Waals surface area contributed by atoms with Crippen LogP contribution in [0.3, 0.4) is 0 Å². The highest BCUT2D eigenvalue weighted by Crippen LogP contribution is 2.33. The molecule has 4 nitrogen and oxygen atoms in total. The van der Waals surface area contributed by atoms with Gasteiger partial charge in [-0.3, -0.25) is 4.79 Å². The molecule has 0 saturated carbocycles. The molecule has 1 unspecified atom stereocenters. The van der Waals surface area contributed by atoms with Crippen molar-refractivity contribution in [2.75, 3.05) is 11.4 Å². The van der Waals surface area contributed by atoms with Crippen LogP contribution < -0.4 is 4.90 Å². The van der Waals surface area contributed by atoms with Gasteiger partial charge in [-0.2, -0.15) is 0 Å². The van der Waals surface area contributed by atoms with Crippen molar-refractivity contribution < 1.29 is 14.3 Å². The number of fused-ring (bicyclic) bond motifs is 1. The minimum absolute atomic E-state index is 0.197. The number of carbonyl (C=O) groups excluding carboxylic acids is 1. The second-order valence-electron chi connectivity index (χ2n) is 5.04. The van der Waals surface area contributed by atoms with Gasteiger partial charge in [0.2, 0.25) is 0 Å². The van der Waals surface area contributed by atoms with Crippen molar-refractivity contribution in [3.05, 3.63) is 59.7 Å². The molecule has 0 saturated heterocycles. The molecule has 0 fully saturated rings. The van der Waals surface area contributed by atoms with Gasteiger partial charge < -0.3 is 10.0 Å². The molecule has 108 valence electrons. The highest BCUT2D eigenvalue weighted by Gasteiger charge is 2.26. The molecule has 1 aromatic carbocycles. The number of nitrogens with zero attached hydrogens (tertiary/aromatic N) is 2. The molecule has 5 heteroatoms. The molecule has 1 aliphatic rings. The van der Waals surface area contributed by atoms with E-state index in [1.165, 1.54) is 12.1 Å². The maximum Gasteiger partial charge on any atom is 0.276 e. The van der Waals surface area contributed by atoms with Gasteiger partial charge in [-0.1, -0.05) is 18.2 Å². The van der Waals surface area contributed by atoms with Gasteiger partial charge in [0, 0.05) is 17.8 Å². The molecule has 0 radical (unpaired) electrons. The lowest BCUT2D eigenvalue weighted by Crippen LogP contribution is -2.32. The van der Waals surface area contributed by atoms with Crippen molar-refractivity contribution in [2.24, 2.45) is 0 Å². The third kappa shape index (κ3) is 2.64. The van der Waals surface area contributed by atoms with E-state index in [2.05, 4.69) is 4.98 Å². The minimum atomic E-state index is -0.569. The zero-order chi connectivity index (χ0) is 14.8. The molecule has 1 aliphatic heterocycles. The molecule has 1 aromatic heterocycles. The van der Waals surface area contributed by atoms with Crippen molar-refractivity contribution in [1.29, 1.82) is 0 Å². The van der Waals surface area contributed by atoms with E-state index in [-0.39, 0.29) is 11.6 Å². The number of anilines is 1. The van der Waals surface area contributed by atoms with Crippen LogP contribution >= 0.6 is 0 Å². The summed E-state index contributed by atoms with van der Waals surface area (Å²) in [6, 6.07) is 9.90. The Labute approximate surface area is 121 Å². The Morgan fingerprint density at radius 1 is 1.29 bits per heavy atom. The molecule has 2 heterocycles. The first-order valence-electron chi connectivity index (χ1n) is 6.87. The van der Waals surface area contributed by atoms with Gasteiger partial charge >= 0.3 is 0 Å². The van der Waals surface area contributed by atoms with Crippen LogP contribution in [0.25, 0.3) is 0 Å². The van der Waals surface area contributed by atoms with Crippen LogP contribution in [0.5, 0.6) is 0 Å². The van der Waals surface area contributed by atoms with Gasteiger partial charge in [0.1, 0.15) is 11.5 Å². The van der Waals surface area contributed by atoms with E-state index in [0.717, 1.165) is 11.8 Å². The molecule has 0 spiro atoms. The fraction of sp³-hybridized carbons (Fsp3) is 0.250. The van der Waals surface area contributed by atoms with E-state index in [1.54, 1.807) is 4.90 Å². The Kier molecular flexibility index (Phi) is 3.66. The second kappa shape index (κ2) is 5.61.